The van der Waals surface area contributed by atoms with Crippen molar-refractivity contribution >= 4 is 5.91 Å². The number of nitrogens with one attached hydrogen (secondary N) is 2. The third kappa shape index (κ3) is 4.97. The van der Waals surface area contributed by atoms with Gasteiger partial charge in [0.15, 0.2) is 0 Å². The van der Waals surface area contributed by atoms with Gasteiger partial charge in [-0.25, -0.2) is 0 Å². The fourth-order valence-corrected chi connectivity index (χ4v) is 1.66. The molecule has 4 heteroatoms. The molecule has 4 nitrogen and oxygen atoms in total. The molecule has 0 saturated heterocycles. The van der Waals surface area contributed by atoms with E-state index in [1.165, 1.54) is 5.56 Å². The van der Waals surface area contributed by atoms with E-state index >= 15 is 0 Å². The van der Waals surface area contributed by atoms with Gasteiger partial charge in [-0.3, -0.25) is 4.79 Å². The van der Waals surface area contributed by atoms with Crippen LogP contribution in [0.1, 0.15) is 18.4 Å². The summed E-state index contributed by atoms with van der Waals surface area (Å²) in [6.45, 7) is 1.31. The van der Waals surface area contributed by atoms with E-state index in [0.717, 1.165) is 12.8 Å². The summed E-state index contributed by atoms with van der Waals surface area (Å²) in [5, 5.41) is 5.92. The van der Waals surface area contributed by atoms with Crippen molar-refractivity contribution < 1.29 is 4.79 Å². The standard InChI is InChI=1S/C13H21N3O/c1-15-13(17)12(8-5-9-14)16-10-11-6-3-2-4-7-11/h2-4,6-7,12,16H,5,8-10,14H2,1H3,(H,15,17)/t12-/m0/s1. The van der Waals surface area contributed by atoms with Crippen molar-refractivity contribution in [3.63, 3.8) is 0 Å². The second-order valence-electron chi connectivity index (χ2n) is 3.96. The van der Waals surface area contributed by atoms with Gasteiger partial charge >= 0.3 is 0 Å². The van der Waals surface area contributed by atoms with Crippen molar-refractivity contribution in [2.24, 2.45) is 5.73 Å². The third-order valence-corrected chi connectivity index (χ3v) is 2.66. The molecule has 17 heavy (non-hydrogen) atoms. The summed E-state index contributed by atoms with van der Waals surface area (Å²) in [5.74, 6) is 0.0226. The Kier molecular flexibility index (Phi) is 6.29. The van der Waals surface area contributed by atoms with E-state index in [1.807, 2.05) is 30.3 Å². The van der Waals surface area contributed by atoms with Crippen LogP contribution in [0.15, 0.2) is 30.3 Å². The van der Waals surface area contributed by atoms with Crippen LogP contribution < -0.4 is 16.4 Å². The summed E-state index contributed by atoms with van der Waals surface area (Å²) >= 11 is 0. The average Bonchev–Trinajstić information content (AvgIpc) is 2.39. The van der Waals surface area contributed by atoms with Gasteiger partial charge in [0.05, 0.1) is 6.04 Å². The summed E-state index contributed by atoms with van der Waals surface area (Å²) in [4.78, 5) is 11.6. The molecule has 0 spiro atoms. The first kappa shape index (κ1) is 13.7. The molecule has 1 aromatic carbocycles. The molecule has 0 fully saturated rings. The Bertz CT molecular complexity index is 327. The van der Waals surface area contributed by atoms with Crippen molar-refractivity contribution in [2.75, 3.05) is 13.6 Å². The van der Waals surface area contributed by atoms with Crippen LogP contribution >= 0.6 is 0 Å². The topological polar surface area (TPSA) is 67.2 Å². The normalized spacial score (nSPS) is 12.1. The molecule has 0 saturated carbocycles. The SMILES string of the molecule is CNC(=O)[C@H](CCCN)NCc1ccccc1. The number of carbonyl (C=O) groups is 1. The third-order valence-electron chi connectivity index (χ3n) is 2.66. The monoisotopic (exact) mass is 235 g/mol. The lowest BCUT2D eigenvalue weighted by Crippen LogP contribution is -2.42. The minimum atomic E-state index is -0.163. The number of carbonyl (C=O) groups excluding carboxylic acids is 1. The molecule has 4 N–H and O–H groups in total. The molecular weight excluding hydrogens is 214 g/mol. The lowest BCUT2D eigenvalue weighted by Gasteiger charge is -2.16. The highest BCUT2D eigenvalue weighted by Gasteiger charge is 2.15. The molecule has 1 aromatic rings. The van der Waals surface area contributed by atoms with Gasteiger partial charge in [0.2, 0.25) is 5.91 Å². The zero-order valence-corrected chi connectivity index (χ0v) is 10.3. The first-order chi connectivity index (χ1) is 8.27. The van der Waals surface area contributed by atoms with Gasteiger partial charge in [0, 0.05) is 13.6 Å². The largest absolute Gasteiger partial charge is 0.358 e. The minimum Gasteiger partial charge on any atom is -0.358 e. The van der Waals surface area contributed by atoms with Crippen molar-refractivity contribution in [1.82, 2.24) is 10.6 Å². The van der Waals surface area contributed by atoms with Crippen LogP contribution in [0.4, 0.5) is 0 Å². The molecule has 0 heterocycles. The van der Waals surface area contributed by atoms with Crippen LogP contribution in [-0.2, 0) is 11.3 Å². The molecule has 1 amide bonds. The van der Waals surface area contributed by atoms with E-state index in [2.05, 4.69) is 10.6 Å². The molecule has 0 bridgehead atoms. The maximum absolute atomic E-state index is 11.6. The van der Waals surface area contributed by atoms with E-state index in [1.54, 1.807) is 7.05 Å². The van der Waals surface area contributed by atoms with Crippen molar-refractivity contribution in [3.05, 3.63) is 35.9 Å². The van der Waals surface area contributed by atoms with Crippen LogP contribution in [-0.4, -0.2) is 25.5 Å². The number of hydrogen-bond donors (Lipinski definition) is 3. The Morgan fingerprint density at radius 1 is 1.35 bits per heavy atom. The van der Waals surface area contributed by atoms with Crippen LogP contribution in [0.25, 0.3) is 0 Å². The molecule has 94 valence electrons. The number of likely N-dealkylation sites (N-methyl/N-ethyl adjacent to an activating group) is 1. The molecule has 0 aliphatic rings. The summed E-state index contributed by atoms with van der Waals surface area (Å²) in [6, 6.07) is 9.88. The minimum absolute atomic E-state index is 0.0226. The zero-order chi connectivity index (χ0) is 12.5. The van der Waals surface area contributed by atoms with Crippen molar-refractivity contribution in [1.29, 1.82) is 0 Å². The number of nitrogens with two attached hydrogens (primary N) is 1. The second-order valence-corrected chi connectivity index (χ2v) is 3.96. The Labute approximate surface area is 103 Å². The van der Waals surface area contributed by atoms with E-state index in [0.29, 0.717) is 13.1 Å². The molecule has 0 aliphatic carbocycles. The van der Waals surface area contributed by atoms with E-state index in [-0.39, 0.29) is 11.9 Å². The molecule has 0 aliphatic heterocycles. The molecular formula is C13H21N3O. The predicted octanol–water partition coefficient (Wildman–Crippen LogP) is 0.630. The highest BCUT2D eigenvalue weighted by molar-refractivity contribution is 5.81. The lowest BCUT2D eigenvalue weighted by molar-refractivity contribution is -0.122. The van der Waals surface area contributed by atoms with E-state index < -0.39 is 0 Å². The van der Waals surface area contributed by atoms with Gasteiger partial charge < -0.3 is 16.4 Å². The summed E-state index contributed by atoms with van der Waals surface area (Å²) in [5.41, 5.74) is 6.64. The van der Waals surface area contributed by atoms with Crippen molar-refractivity contribution in [3.8, 4) is 0 Å². The van der Waals surface area contributed by atoms with Gasteiger partial charge in [-0.15, -0.1) is 0 Å². The maximum Gasteiger partial charge on any atom is 0.236 e. The van der Waals surface area contributed by atoms with Crippen LogP contribution in [0, 0.1) is 0 Å². The van der Waals surface area contributed by atoms with E-state index in [9.17, 15) is 4.79 Å². The lowest BCUT2D eigenvalue weighted by atomic mass is 10.1. The Morgan fingerprint density at radius 3 is 2.65 bits per heavy atom. The predicted molar refractivity (Wildman–Crippen MR) is 69.4 cm³/mol. The number of benzene rings is 1. The smallest absolute Gasteiger partial charge is 0.236 e. The van der Waals surface area contributed by atoms with Gasteiger partial charge in [0.25, 0.3) is 0 Å². The molecule has 1 rings (SSSR count). The fraction of sp³-hybridized carbons (Fsp3) is 0.462. The van der Waals surface area contributed by atoms with Crippen LogP contribution in [0.2, 0.25) is 0 Å². The van der Waals surface area contributed by atoms with Crippen molar-refractivity contribution in [2.45, 2.75) is 25.4 Å². The summed E-state index contributed by atoms with van der Waals surface area (Å²) in [6.07, 6.45) is 1.61. The molecule has 0 aromatic heterocycles. The summed E-state index contributed by atoms with van der Waals surface area (Å²) in [7, 11) is 1.65. The number of amides is 1. The number of hydrogen-bond acceptors (Lipinski definition) is 3. The van der Waals surface area contributed by atoms with Gasteiger partial charge in [-0.1, -0.05) is 30.3 Å². The van der Waals surface area contributed by atoms with Crippen LogP contribution in [0.3, 0.4) is 0 Å². The quantitative estimate of drug-likeness (QED) is 0.649. The average molecular weight is 235 g/mol. The Morgan fingerprint density at radius 2 is 2.06 bits per heavy atom. The first-order valence-electron chi connectivity index (χ1n) is 5.97. The molecule has 0 unspecified atom stereocenters. The highest BCUT2D eigenvalue weighted by Crippen LogP contribution is 2.01. The highest BCUT2D eigenvalue weighted by atomic mass is 16.2. The summed E-state index contributed by atoms with van der Waals surface area (Å²) < 4.78 is 0. The molecule has 1 atom stereocenters. The second kappa shape index (κ2) is 7.81. The first-order valence-corrected chi connectivity index (χ1v) is 5.97. The number of rotatable bonds is 7. The van der Waals surface area contributed by atoms with E-state index in [4.69, 9.17) is 5.73 Å². The Hall–Kier alpha value is -1.39. The van der Waals surface area contributed by atoms with Crippen LogP contribution in [0.5, 0.6) is 0 Å². The van der Waals surface area contributed by atoms with Gasteiger partial charge in [0.1, 0.15) is 0 Å². The maximum atomic E-state index is 11.6. The van der Waals surface area contributed by atoms with Gasteiger partial charge in [-0.2, -0.15) is 0 Å². The zero-order valence-electron chi connectivity index (χ0n) is 10.3. The van der Waals surface area contributed by atoms with Gasteiger partial charge in [-0.05, 0) is 24.9 Å². The Balaban J connectivity index is 2.46. The fourth-order valence-electron chi connectivity index (χ4n) is 1.66. The molecule has 0 radical (unpaired) electrons.